The predicted molar refractivity (Wildman–Crippen MR) is 274 cm³/mol. The van der Waals surface area contributed by atoms with Crippen LogP contribution in [0.15, 0.2) is 212 Å². The predicted octanol–water partition coefficient (Wildman–Crippen LogP) is 17.0. The molecule has 0 spiro atoms. The molecule has 0 bridgehead atoms. The summed E-state index contributed by atoms with van der Waals surface area (Å²) in [4.78, 5) is 0. The van der Waals surface area contributed by atoms with Gasteiger partial charge in [0.1, 0.15) is 17.2 Å². The second kappa shape index (κ2) is 14.8. The Bertz CT molecular complexity index is 4130. The summed E-state index contributed by atoms with van der Waals surface area (Å²) < 4.78 is 89.0. The number of hydrogen-bond acceptors (Lipinski definition) is 0. The van der Waals surface area contributed by atoms with E-state index in [-0.39, 0.29) is 22.5 Å². The van der Waals surface area contributed by atoms with E-state index in [0.29, 0.717) is 22.1 Å². The zero-order valence-corrected chi connectivity index (χ0v) is 36.9. The average Bonchev–Trinajstić information content (AvgIpc) is 4.10. The van der Waals surface area contributed by atoms with Crippen molar-refractivity contribution >= 4 is 87.2 Å². The van der Waals surface area contributed by atoms with Gasteiger partial charge in [-0.3, -0.25) is 0 Å². The third-order valence-corrected chi connectivity index (χ3v) is 14.0. The largest absolute Gasteiger partial charge is 0.420 e. The van der Waals surface area contributed by atoms with Crippen molar-refractivity contribution in [3.05, 3.63) is 230 Å². The van der Waals surface area contributed by atoms with E-state index in [1.165, 1.54) is 12.1 Å². The van der Waals surface area contributed by atoms with Crippen LogP contribution in [0.2, 0.25) is 0 Å². The number of benzene rings is 10. The van der Waals surface area contributed by atoms with Gasteiger partial charge in [0, 0.05) is 60.5 Å². The van der Waals surface area contributed by atoms with Crippen molar-refractivity contribution in [1.82, 2.24) is 18.3 Å². The van der Waals surface area contributed by atoms with Crippen molar-refractivity contribution in [3.63, 3.8) is 0 Å². The summed E-state index contributed by atoms with van der Waals surface area (Å²) in [7, 11) is 0. The minimum Gasteiger partial charge on any atom is -0.309 e. The molecule has 0 aliphatic rings. The van der Waals surface area contributed by atoms with Gasteiger partial charge in [-0.15, -0.1) is 0 Å². The van der Waals surface area contributed by atoms with Crippen LogP contribution in [0.3, 0.4) is 0 Å². The zero-order valence-electron chi connectivity index (χ0n) is 36.9. The number of fused-ring (bicyclic) bond motifs is 12. The maximum Gasteiger partial charge on any atom is 0.420 e. The first-order valence-corrected chi connectivity index (χ1v) is 23.0. The Morgan fingerprint density at radius 3 is 0.886 bits per heavy atom. The maximum absolute atomic E-state index is 16.9. The highest BCUT2D eigenvalue weighted by atomic mass is 19.4. The molecule has 0 saturated heterocycles. The van der Waals surface area contributed by atoms with Crippen molar-refractivity contribution in [3.8, 4) is 33.9 Å². The van der Waals surface area contributed by atoms with E-state index in [1.807, 2.05) is 158 Å². The topological polar surface area (TPSA) is 19.7 Å². The van der Waals surface area contributed by atoms with Crippen LogP contribution in [-0.2, 0) is 6.18 Å². The molecular weight excluding hydrogens is 884 g/mol. The molecule has 10 aromatic carbocycles. The van der Waals surface area contributed by atoms with Crippen LogP contribution < -0.4 is 0 Å². The summed E-state index contributed by atoms with van der Waals surface area (Å²) in [5.41, 5.74) is 6.41. The third-order valence-electron chi connectivity index (χ3n) is 14.0. The van der Waals surface area contributed by atoms with Crippen LogP contribution in [0, 0.1) is 11.6 Å². The lowest BCUT2D eigenvalue weighted by atomic mass is 9.98. The Hall–Kier alpha value is -8.95. The van der Waals surface area contributed by atoms with Gasteiger partial charge in [0.05, 0.1) is 55.5 Å². The van der Waals surface area contributed by atoms with E-state index in [2.05, 4.69) is 33.4 Å². The summed E-state index contributed by atoms with van der Waals surface area (Å²) in [5, 5.41) is 7.16. The molecule has 0 N–H and O–H groups in total. The number of aromatic nitrogens is 4. The quantitative estimate of drug-likeness (QED) is 0.153. The summed E-state index contributed by atoms with van der Waals surface area (Å²) in [6.07, 6.45) is -4.96. The Kier molecular flexibility index (Phi) is 8.47. The lowest BCUT2D eigenvalue weighted by Gasteiger charge is -2.23. The highest BCUT2D eigenvalue weighted by Crippen LogP contribution is 2.47. The van der Waals surface area contributed by atoms with Gasteiger partial charge < -0.3 is 18.3 Å². The smallest absolute Gasteiger partial charge is 0.309 e. The first-order chi connectivity index (χ1) is 34.2. The van der Waals surface area contributed by atoms with Crippen molar-refractivity contribution in [2.45, 2.75) is 6.18 Å². The van der Waals surface area contributed by atoms with Gasteiger partial charge in [-0.05, 0) is 96.1 Å². The van der Waals surface area contributed by atoms with E-state index in [0.717, 1.165) is 94.7 Å². The minimum absolute atomic E-state index is 0.0900. The first kappa shape index (κ1) is 40.1. The van der Waals surface area contributed by atoms with Gasteiger partial charge in [0.15, 0.2) is 0 Å². The molecule has 0 atom stereocenters. The second-order valence-corrected chi connectivity index (χ2v) is 17.9. The highest BCUT2D eigenvalue weighted by Gasteiger charge is 2.40. The van der Waals surface area contributed by atoms with Crippen molar-refractivity contribution in [2.75, 3.05) is 0 Å². The van der Waals surface area contributed by atoms with E-state index >= 15 is 22.0 Å². The number of hydrogen-bond donors (Lipinski definition) is 0. The molecule has 70 heavy (non-hydrogen) atoms. The molecule has 0 fully saturated rings. The normalized spacial score (nSPS) is 12.4. The van der Waals surface area contributed by atoms with Gasteiger partial charge in [0.25, 0.3) is 0 Å². The average molecular weight is 919 g/mol. The Morgan fingerprint density at radius 1 is 0.271 bits per heavy atom. The van der Waals surface area contributed by atoms with E-state index < -0.39 is 23.4 Å². The number of nitrogens with zero attached hydrogens (tertiary/aromatic N) is 4. The molecule has 4 nitrogen and oxygen atoms in total. The molecule has 14 rings (SSSR count). The van der Waals surface area contributed by atoms with Crippen LogP contribution in [-0.4, -0.2) is 18.3 Å². The van der Waals surface area contributed by atoms with Gasteiger partial charge in [-0.25, -0.2) is 8.78 Å². The lowest BCUT2D eigenvalue weighted by Crippen LogP contribution is -2.16. The molecule has 0 aliphatic heterocycles. The summed E-state index contributed by atoms with van der Waals surface area (Å²) >= 11 is 0. The fraction of sp³-hybridized carbons (Fsp3) is 0.0164. The van der Waals surface area contributed by atoms with Crippen molar-refractivity contribution < 1.29 is 22.0 Å². The lowest BCUT2D eigenvalue weighted by molar-refractivity contribution is -0.137. The monoisotopic (exact) mass is 918 g/mol. The Labute approximate surface area is 395 Å². The number of alkyl halides is 3. The highest BCUT2D eigenvalue weighted by molar-refractivity contribution is 6.14. The van der Waals surface area contributed by atoms with Gasteiger partial charge in [-0.1, -0.05) is 121 Å². The number of para-hydroxylation sites is 6. The van der Waals surface area contributed by atoms with Crippen LogP contribution in [0.25, 0.3) is 121 Å². The van der Waals surface area contributed by atoms with E-state index in [1.54, 1.807) is 9.13 Å². The fourth-order valence-electron chi connectivity index (χ4n) is 11.3. The van der Waals surface area contributed by atoms with Crippen LogP contribution in [0.1, 0.15) is 5.56 Å². The van der Waals surface area contributed by atoms with Gasteiger partial charge in [0.2, 0.25) is 0 Å². The van der Waals surface area contributed by atoms with E-state index in [9.17, 15) is 0 Å². The molecule has 334 valence electrons. The molecule has 0 saturated carbocycles. The van der Waals surface area contributed by atoms with Crippen molar-refractivity contribution in [2.24, 2.45) is 0 Å². The molecule has 0 unspecified atom stereocenters. The maximum atomic E-state index is 16.9. The Balaban J connectivity index is 1.13. The number of halogens is 5. The van der Waals surface area contributed by atoms with Crippen molar-refractivity contribution in [1.29, 1.82) is 0 Å². The standard InChI is InChI=1S/C61H35F5N4/c62-38-29-36(30-39(63)33-38)37-31-58(69-54-23-11-5-17-46(54)48-27-25-40(34-56(48)69)67-50-19-7-1-13-42(50)43-14-2-8-20-51(43)67)60(61(64,65)66)59(32-37)70-55-24-12-6-18-47(55)49-28-26-41(35-57(49)70)68-52-21-9-3-15-44(52)45-16-4-10-22-53(45)68/h1-35H. The molecule has 14 aromatic rings. The Morgan fingerprint density at radius 2 is 0.557 bits per heavy atom. The third kappa shape index (κ3) is 5.81. The van der Waals surface area contributed by atoms with Gasteiger partial charge in [-0.2, -0.15) is 13.2 Å². The fourth-order valence-corrected chi connectivity index (χ4v) is 11.3. The molecule has 4 heterocycles. The number of rotatable bonds is 5. The summed E-state index contributed by atoms with van der Waals surface area (Å²) in [6, 6.07) is 65.0. The van der Waals surface area contributed by atoms with Gasteiger partial charge >= 0.3 is 6.18 Å². The summed E-state index contributed by atoms with van der Waals surface area (Å²) in [5.74, 6) is -1.70. The molecular formula is C61H35F5N4. The first-order valence-electron chi connectivity index (χ1n) is 23.0. The van der Waals surface area contributed by atoms with Crippen LogP contribution in [0.4, 0.5) is 22.0 Å². The summed E-state index contributed by atoms with van der Waals surface area (Å²) in [6.45, 7) is 0. The minimum atomic E-state index is -4.96. The molecule has 0 aliphatic carbocycles. The molecule has 4 aromatic heterocycles. The second-order valence-electron chi connectivity index (χ2n) is 17.9. The zero-order chi connectivity index (χ0) is 47.0. The SMILES string of the molecule is Fc1cc(F)cc(-c2cc(-n3c4ccccc4c4ccc(-n5c6ccccc6c6ccccc65)cc43)c(C(F)(F)F)c(-n3c4ccccc4c4ccc(-n5c6ccccc6c6ccccc65)cc43)c2)c1. The molecule has 0 radical (unpaired) electrons. The molecule has 0 amide bonds. The van der Waals surface area contributed by atoms with Crippen LogP contribution >= 0.6 is 0 Å². The van der Waals surface area contributed by atoms with Crippen LogP contribution in [0.5, 0.6) is 0 Å². The van der Waals surface area contributed by atoms with E-state index in [4.69, 9.17) is 0 Å². The molecule has 9 heteroatoms.